The van der Waals surface area contributed by atoms with Crippen LogP contribution in [0.5, 0.6) is 5.75 Å². The second kappa shape index (κ2) is 7.81. The maximum Gasteiger partial charge on any atom is 0.119 e. The van der Waals surface area contributed by atoms with Gasteiger partial charge in [0.25, 0.3) is 0 Å². The van der Waals surface area contributed by atoms with E-state index in [2.05, 4.69) is 36.1 Å². The zero-order valence-corrected chi connectivity index (χ0v) is 13.7. The molecule has 1 fully saturated rings. The average molecular weight is 290 g/mol. The maximum absolute atomic E-state index is 6.06. The first-order chi connectivity index (χ1) is 10.1. The number of nitrogens with two attached hydrogens (primary N) is 1. The van der Waals surface area contributed by atoms with Gasteiger partial charge in [0.15, 0.2) is 0 Å². The minimum atomic E-state index is 0.215. The second-order valence-electron chi connectivity index (χ2n) is 6.37. The minimum Gasteiger partial charge on any atom is -0.491 e. The lowest BCUT2D eigenvalue weighted by Gasteiger charge is -2.36. The van der Waals surface area contributed by atoms with Crippen LogP contribution in [0, 0.1) is 5.92 Å². The van der Waals surface area contributed by atoms with E-state index in [1.165, 1.54) is 31.4 Å². The van der Waals surface area contributed by atoms with Crippen LogP contribution in [0.3, 0.4) is 0 Å². The third kappa shape index (κ3) is 4.45. The number of nitrogens with zero attached hydrogens (tertiary/aromatic N) is 1. The molecule has 3 heteroatoms. The van der Waals surface area contributed by atoms with Crippen molar-refractivity contribution in [1.82, 2.24) is 4.90 Å². The summed E-state index contributed by atoms with van der Waals surface area (Å²) in [5, 5.41) is 0. The van der Waals surface area contributed by atoms with E-state index in [1.54, 1.807) is 0 Å². The molecule has 1 aliphatic rings. The molecule has 3 nitrogen and oxygen atoms in total. The molecule has 21 heavy (non-hydrogen) atoms. The Hall–Kier alpha value is -1.06. The predicted octanol–water partition coefficient (Wildman–Crippen LogP) is 3.60. The summed E-state index contributed by atoms with van der Waals surface area (Å²) in [6, 6.07) is 8.78. The Labute approximate surface area is 129 Å². The summed E-state index contributed by atoms with van der Waals surface area (Å²) in [4.78, 5) is 2.53. The van der Waals surface area contributed by atoms with Crippen molar-refractivity contribution in [1.29, 1.82) is 0 Å². The molecule has 1 aliphatic carbocycles. The molecule has 1 atom stereocenters. The number of benzene rings is 1. The molecule has 0 spiro atoms. The van der Waals surface area contributed by atoms with Crippen LogP contribution in [-0.4, -0.2) is 30.6 Å². The SMILES string of the molecule is CCN(CC1CCC1)C(CN)c1ccc(OC(C)C)cc1. The molecule has 2 N–H and O–H groups in total. The summed E-state index contributed by atoms with van der Waals surface area (Å²) >= 11 is 0. The van der Waals surface area contributed by atoms with Gasteiger partial charge in [-0.2, -0.15) is 0 Å². The molecular formula is C18H30N2O. The fourth-order valence-corrected chi connectivity index (χ4v) is 3.02. The van der Waals surface area contributed by atoms with Gasteiger partial charge < -0.3 is 10.5 Å². The molecule has 0 aliphatic heterocycles. The number of hydrogen-bond donors (Lipinski definition) is 1. The fraction of sp³-hybridized carbons (Fsp3) is 0.667. The van der Waals surface area contributed by atoms with Crippen LogP contribution in [0.1, 0.15) is 51.6 Å². The van der Waals surface area contributed by atoms with Crippen LogP contribution >= 0.6 is 0 Å². The Kier molecular flexibility index (Phi) is 6.07. The molecule has 1 aromatic rings. The lowest BCUT2D eigenvalue weighted by Crippen LogP contribution is -2.38. The first-order valence-corrected chi connectivity index (χ1v) is 8.34. The van der Waals surface area contributed by atoms with Gasteiger partial charge in [0.2, 0.25) is 0 Å². The zero-order chi connectivity index (χ0) is 15.2. The molecule has 0 heterocycles. The van der Waals surface area contributed by atoms with Gasteiger partial charge in [-0.25, -0.2) is 0 Å². The van der Waals surface area contributed by atoms with Crippen molar-refractivity contribution in [3.63, 3.8) is 0 Å². The van der Waals surface area contributed by atoms with E-state index in [0.29, 0.717) is 12.6 Å². The Morgan fingerprint density at radius 2 is 1.90 bits per heavy atom. The van der Waals surface area contributed by atoms with E-state index >= 15 is 0 Å². The van der Waals surface area contributed by atoms with Gasteiger partial charge in [0.1, 0.15) is 5.75 Å². The zero-order valence-electron chi connectivity index (χ0n) is 13.7. The van der Waals surface area contributed by atoms with Gasteiger partial charge in [-0.1, -0.05) is 25.5 Å². The smallest absolute Gasteiger partial charge is 0.119 e. The third-order valence-corrected chi connectivity index (χ3v) is 4.42. The Balaban J connectivity index is 2.03. The van der Waals surface area contributed by atoms with Crippen molar-refractivity contribution >= 4 is 0 Å². The van der Waals surface area contributed by atoms with Crippen molar-refractivity contribution in [3.8, 4) is 5.75 Å². The van der Waals surface area contributed by atoms with Gasteiger partial charge in [-0.05, 0) is 56.8 Å². The summed E-state index contributed by atoms with van der Waals surface area (Å²) in [5.41, 5.74) is 7.36. The van der Waals surface area contributed by atoms with Crippen LogP contribution < -0.4 is 10.5 Å². The number of hydrogen-bond acceptors (Lipinski definition) is 3. The quantitative estimate of drug-likeness (QED) is 0.795. The normalized spacial score (nSPS) is 17.0. The highest BCUT2D eigenvalue weighted by atomic mass is 16.5. The third-order valence-electron chi connectivity index (χ3n) is 4.42. The molecule has 0 saturated heterocycles. The second-order valence-corrected chi connectivity index (χ2v) is 6.37. The highest BCUT2D eigenvalue weighted by Gasteiger charge is 2.24. The lowest BCUT2D eigenvalue weighted by molar-refractivity contribution is 0.141. The first-order valence-electron chi connectivity index (χ1n) is 8.34. The highest BCUT2D eigenvalue weighted by molar-refractivity contribution is 5.29. The number of likely N-dealkylation sites (N-methyl/N-ethyl adjacent to an activating group) is 1. The number of ether oxygens (including phenoxy) is 1. The van der Waals surface area contributed by atoms with Crippen LogP contribution in [0.2, 0.25) is 0 Å². The summed E-state index contributed by atoms with van der Waals surface area (Å²) in [5.74, 6) is 1.81. The maximum atomic E-state index is 6.06. The molecule has 1 aromatic carbocycles. The van der Waals surface area contributed by atoms with Gasteiger partial charge in [-0.15, -0.1) is 0 Å². The molecule has 0 radical (unpaired) electrons. The monoisotopic (exact) mass is 290 g/mol. The molecule has 2 rings (SSSR count). The van der Waals surface area contributed by atoms with Crippen molar-refractivity contribution in [2.24, 2.45) is 11.7 Å². The van der Waals surface area contributed by atoms with Gasteiger partial charge >= 0.3 is 0 Å². The standard InChI is InChI=1S/C18H30N2O/c1-4-20(13-15-6-5-7-15)18(12-19)16-8-10-17(11-9-16)21-14(2)3/h8-11,14-15,18H,4-7,12-13,19H2,1-3H3. The molecule has 0 amide bonds. The lowest BCUT2D eigenvalue weighted by atomic mass is 9.84. The van der Waals surface area contributed by atoms with E-state index < -0.39 is 0 Å². The van der Waals surface area contributed by atoms with Crippen molar-refractivity contribution < 1.29 is 4.74 Å². The minimum absolute atomic E-state index is 0.215. The average Bonchev–Trinajstić information content (AvgIpc) is 2.42. The van der Waals surface area contributed by atoms with E-state index in [1.807, 2.05) is 13.8 Å². The fourth-order valence-electron chi connectivity index (χ4n) is 3.02. The molecular weight excluding hydrogens is 260 g/mol. The Morgan fingerprint density at radius 3 is 2.33 bits per heavy atom. The van der Waals surface area contributed by atoms with Crippen molar-refractivity contribution in [2.75, 3.05) is 19.6 Å². The van der Waals surface area contributed by atoms with Gasteiger partial charge in [0.05, 0.1) is 6.10 Å². The number of rotatable bonds is 8. The predicted molar refractivity (Wildman–Crippen MR) is 88.6 cm³/mol. The van der Waals surface area contributed by atoms with Crippen LogP contribution in [-0.2, 0) is 0 Å². The molecule has 1 unspecified atom stereocenters. The molecule has 118 valence electrons. The molecule has 0 bridgehead atoms. The molecule has 1 saturated carbocycles. The van der Waals surface area contributed by atoms with E-state index in [9.17, 15) is 0 Å². The van der Waals surface area contributed by atoms with Crippen LogP contribution in [0.15, 0.2) is 24.3 Å². The first kappa shape index (κ1) is 16.3. The Morgan fingerprint density at radius 1 is 1.24 bits per heavy atom. The highest BCUT2D eigenvalue weighted by Crippen LogP contribution is 2.30. The van der Waals surface area contributed by atoms with E-state index in [0.717, 1.165) is 18.2 Å². The topological polar surface area (TPSA) is 38.5 Å². The summed E-state index contributed by atoms with van der Waals surface area (Å²) in [7, 11) is 0. The van der Waals surface area contributed by atoms with Crippen molar-refractivity contribution in [3.05, 3.63) is 29.8 Å². The van der Waals surface area contributed by atoms with Gasteiger partial charge in [-0.3, -0.25) is 4.90 Å². The van der Waals surface area contributed by atoms with E-state index in [4.69, 9.17) is 10.5 Å². The van der Waals surface area contributed by atoms with E-state index in [-0.39, 0.29) is 6.10 Å². The largest absolute Gasteiger partial charge is 0.491 e. The van der Waals surface area contributed by atoms with Crippen molar-refractivity contribution in [2.45, 2.75) is 52.2 Å². The summed E-state index contributed by atoms with van der Waals surface area (Å²) in [6.07, 6.45) is 4.38. The molecule has 0 aromatic heterocycles. The summed E-state index contributed by atoms with van der Waals surface area (Å²) < 4.78 is 5.72. The van der Waals surface area contributed by atoms with Gasteiger partial charge in [0, 0.05) is 19.1 Å². The van der Waals surface area contributed by atoms with Crippen LogP contribution in [0.25, 0.3) is 0 Å². The van der Waals surface area contributed by atoms with Crippen LogP contribution in [0.4, 0.5) is 0 Å². The Bertz CT molecular complexity index is 412. The summed E-state index contributed by atoms with van der Waals surface area (Å²) in [6.45, 7) is 9.25.